The highest BCUT2D eigenvalue weighted by molar-refractivity contribution is 7.21. The van der Waals surface area contributed by atoms with Crippen LogP contribution in [0.1, 0.15) is 10.4 Å². The molecule has 0 spiro atoms. The van der Waals surface area contributed by atoms with Crippen LogP contribution in [0.2, 0.25) is 5.02 Å². The van der Waals surface area contributed by atoms with Gasteiger partial charge in [-0.3, -0.25) is 0 Å². The van der Waals surface area contributed by atoms with Crippen LogP contribution in [0.3, 0.4) is 0 Å². The quantitative estimate of drug-likeness (QED) is 0.528. The van der Waals surface area contributed by atoms with E-state index in [0.29, 0.717) is 10.6 Å². The van der Waals surface area contributed by atoms with Crippen molar-refractivity contribution in [2.24, 2.45) is 0 Å². The number of carbonyl (C=O) groups excluding carboxylic acids is 1. The minimum absolute atomic E-state index is 0.0322. The van der Waals surface area contributed by atoms with Gasteiger partial charge in [-0.25, -0.2) is 9.78 Å². The fourth-order valence-electron chi connectivity index (χ4n) is 1.96. The summed E-state index contributed by atoms with van der Waals surface area (Å²) in [7, 11) is 0. The van der Waals surface area contributed by atoms with Gasteiger partial charge in [-0.05, 0) is 30.3 Å². The zero-order chi connectivity index (χ0) is 15.5. The molecule has 0 aliphatic carbocycles. The van der Waals surface area contributed by atoms with Crippen LogP contribution in [-0.4, -0.2) is 17.6 Å². The number of fused-ring (bicyclic) bond motifs is 1. The van der Waals surface area contributed by atoms with E-state index < -0.39 is 5.97 Å². The average Bonchev–Trinajstić information content (AvgIpc) is 2.96. The lowest BCUT2D eigenvalue weighted by atomic mass is 10.2. The Hall–Kier alpha value is -2.35. The van der Waals surface area contributed by atoms with Crippen molar-refractivity contribution >= 4 is 39.1 Å². The molecule has 0 saturated carbocycles. The number of thiazole rings is 1. The Morgan fingerprint density at radius 3 is 2.77 bits per heavy atom. The molecule has 0 aliphatic rings. The molecule has 3 nitrogen and oxygen atoms in total. The Morgan fingerprint density at radius 1 is 1.27 bits per heavy atom. The molecular formula is C17H10ClNO2S. The Kier molecular flexibility index (Phi) is 4.10. The van der Waals surface area contributed by atoms with Crippen molar-refractivity contribution in [2.75, 3.05) is 6.61 Å². The number of carbonyl (C=O) groups is 1. The van der Waals surface area contributed by atoms with Gasteiger partial charge in [0.05, 0.1) is 15.8 Å². The van der Waals surface area contributed by atoms with Crippen molar-refractivity contribution in [1.82, 2.24) is 4.98 Å². The second-order valence-electron chi connectivity index (χ2n) is 4.49. The number of aromatic nitrogens is 1. The van der Waals surface area contributed by atoms with Crippen molar-refractivity contribution in [1.29, 1.82) is 0 Å². The van der Waals surface area contributed by atoms with E-state index in [1.165, 1.54) is 11.3 Å². The molecule has 22 heavy (non-hydrogen) atoms. The summed E-state index contributed by atoms with van der Waals surface area (Å²) >= 11 is 7.40. The summed E-state index contributed by atoms with van der Waals surface area (Å²) in [5.41, 5.74) is 2.29. The number of benzene rings is 2. The average molecular weight is 328 g/mol. The standard InChI is InChI=1S/C17H10ClNO2S/c1-2-9-21-17(20)12-5-8-14-15(10-12)22-16(19-14)11-3-6-13(18)7-4-11/h1,3-8,10H,9H2. The molecule has 3 aromatic rings. The van der Waals surface area contributed by atoms with Crippen LogP contribution < -0.4 is 0 Å². The third-order valence-electron chi connectivity index (χ3n) is 3.00. The third-order valence-corrected chi connectivity index (χ3v) is 4.32. The molecule has 0 N–H and O–H groups in total. The van der Waals surface area contributed by atoms with Gasteiger partial charge in [-0.15, -0.1) is 17.8 Å². The number of terminal acetylenes is 1. The molecule has 3 rings (SSSR count). The van der Waals surface area contributed by atoms with E-state index in [1.54, 1.807) is 18.2 Å². The number of nitrogens with zero attached hydrogens (tertiary/aromatic N) is 1. The molecule has 0 fully saturated rings. The second kappa shape index (κ2) is 6.18. The molecule has 0 aliphatic heterocycles. The monoisotopic (exact) mass is 327 g/mol. The van der Waals surface area contributed by atoms with Crippen LogP contribution in [0.4, 0.5) is 0 Å². The summed E-state index contributed by atoms with van der Waals surface area (Å²) in [5.74, 6) is 1.84. The van der Waals surface area contributed by atoms with E-state index in [1.807, 2.05) is 24.3 Å². The van der Waals surface area contributed by atoms with Crippen molar-refractivity contribution in [2.45, 2.75) is 0 Å². The van der Waals surface area contributed by atoms with E-state index in [2.05, 4.69) is 10.9 Å². The minimum Gasteiger partial charge on any atom is -0.449 e. The van der Waals surface area contributed by atoms with Gasteiger partial charge in [0.15, 0.2) is 6.61 Å². The van der Waals surface area contributed by atoms with Crippen LogP contribution in [0, 0.1) is 12.3 Å². The SMILES string of the molecule is C#CCOC(=O)c1ccc2nc(-c3ccc(Cl)cc3)sc2c1. The lowest BCUT2D eigenvalue weighted by Gasteiger charge is -2.00. The van der Waals surface area contributed by atoms with Crippen LogP contribution in [0.25, 0.3) is 20.8 Å². The predicted octanol–water partition coefficient (Wildman–Crippen LogP) is 4.41. The molecule has 0 atom stereocenters. The molecular weight excluding hydrogens is 318 g/mol. The largest absolute Gasteiger partial charge is 0.449 e. The number of hydrogen-bond donors (Lipinski definition) is 0. The summed E-state index contributed by atoms with van der Waals surface area (Å²) < 4.78 is 5.84. The first kappa shape index (κ1) is 14.6. The first-order valence-electron chi connectivity index (χ1n) is 6.44. The van der Waals surface area contributed by atoms with E-state index in [9.17, 15) is 4.79 Å². The van der Waals surface area contributed by atoms with Crippen LogP contribution in [0.5, 0.6) is 0 Å². The highest BCUT2D eigenvalue weighted by atomic mass is 35.5. The Bertz CT molecular complexity index is 878. The molecule has 0 saturated heterocycles. The van der Waals surface area contributed by atoms with Gasteiger partial charge in [0.2, 0.25) is 0 Å². The van der Waals surface area contributed by atoms with Gasteiger partial charge < -0.3 is 4.74 Å². The first-order valence-corrected chi connectivity index (χ1v) is 7.64. The fraction of sp³-hybridized carbons (Fsp3) is 0.0588. The summed E-state index contributed by atoms with van der Waals surface area (Å²) in [6.07, 6.45) is 5.08. The molecule has 0 radical (unpaired) electrons. The lowest BCUT2D eigenvalue weighted by Crippen LogP contribution is -2.04. The highest BCUT2D eigenvalue weighted by Crippen LogP contribution is 2.31. The van der Waals surface area contributed by atoms with E-state index in [0.717, 1.165) is 20.8 Å². The molecule has 2 aromatic carbocycles. The van der Waals surface area contributed by atoms with E-state index in [4.69, 9.17) is 22.8 Å². The van der Waals surface area contributed by atoms with Crippen molar-refractivity contribution in [3.8, 4) is 22.9 Å². The third kappa shape index (κ3) is 2.96. The lowest BCUT2D eigenvalue weighted by molar-refractivity contribution is 0.0557. The summed E-state index contributed by atoms with van der Waals surface area (Å²) in [6, 6.07) is 12.7. The fourth-order valence-corrected chi connectivity index (χ4v) is 3.09. The molecule has 0 bridgehead atoms. The highest BCUT2D eigenvalue weighted by Gasteiger charge is 2.11. The number of esters is 1. The number of hydrogen-bond acceptors (Lipinski definition) is 4. The zero-order valence-electron chi connectivity index (χ0n) is 11.4. The Labute approximate surface area is 136 Å². The van der Waals surface area contributed by atoms with Crippen LogP contribution in [-0.2, 0) is 4.74 Å². The van der Waals surface area contributed by atoms with Gasteiger partial charge in [-0.1, -0.05) is 29.7 Å². The number of ether oxygens (including phenoxy) is 1. The van der Waals surface area contributed by atoms with E-state index in [-0.39, 0.29) is 6.61 Å². The van der Waals surface area contributed by atoms with Crippen molar-refractivity contribution < 1.29 is 9.53 Å². The molecule has 108 valence electrons. The van der Waals surface area contributed by atoms with Gasteiger partial charge >= 0.3 is 5.97 Å². The molecule has 1 heterocycles. The van der Waals surface area contributed by atoms with Gasteiger partial charge in [0, 0.05) is 10.6 Å². The van der Waals surface area contributed by atoms with Crippen molar-refractivity contribution in [3.63, 3.8) is 0 Å². The van der Waals surface area contributed by atoms with E-state index >= 15 is 0 Å². The minimum atomic E-state index is -0.429. The summed E-state index contributed by atoms with van der Waals surface area (Å²) in [5, 5.41) is 1.56. The molecule has 0 unspecified atom stereocenters. The summed E-state index contributed by atoms with van der Waals surface area (Å²) in [4.78, 5) is 16.4. The number of rotatable bonds is 3. The predicted molar refractivity (Wildman–Crippen MR) is 89.2 cm³/mol. The Morgan fingerprint density at radius 2 is 2.05 bits per heavy atom. The molecule has 1 aromatic heterocycles. The molecule has 0 amide bonds. The maximum absolute atomic E-state index is 11.8. The van der Waals surface area contributed by atoms with Crippen molar-refractivity contribution in [3.05, 3.63) is 53.1 Å². The second-order valence-corrected chi connectivity index (χ2v) is 5.96. The maximum atomic E-state index is 11.8. The van der Waals surface area contributed by atoms with Crippen LogP contribution in [0.15, 0.2) is 42.5 Å². The van der Waals surface area contributed by atoms with Gasteiger partial charge in [0.1, 0.15) is 5.01 Å². The normalized spacial score (nSPS) is 10.4. The zero-order valence-corrected chi connectivity index (χ0v) is 12.9. The van der Waals surface area contributed by atoms with Crippen LogP contribution >= 0.6 is 22.9 Å². The van der Waals surface area contributed by atoms with Gasteiger partial charge in [-0.2, -0.15) is 0 Å². The topological polar surface area (TPSA) is 39.2 Å². The summed E-state index contributed by atoms with van der Waals surface area (Å²) in [6.45, 7) is -0.0322. The van der Waals surface area contributed by atoms with Gasteiger partial charge in [0.25, 0.3) is 0 Å². The number of halogens is 1. The smallest absolute Gasteiger partial charge is 0.339 e. The molecule has 5 heteroatoms. The first-order chi connectivity index (χ1) is 10.7. The Balaban J connectivity index is 1.95. The maximum Gasteiger partial charge on any atom is 0.339 e.